The molecule has 0 N–H and O–H groups in total. The third kappa shape index (κ3) is 6.45. The summed E-state index contributed by atoms with van der Waals surface area (Å²) in [5.74, 6) is -0.496. The average Bonchev–Trinajstić information content (AvgIpc) is 3.56. The Kier molecular flexibility index (Phi) is 7.84. The lowest BCUT2D eigenvalue weighted by Gasteiger charge is -2.39. The second-order valence-corrected chi connectivity index (χ2v) is 11.3. The molecule has 228 valence electrons. The number of ether oxygens (including phenoxy) is 3. The Morgan fingerprint density at radius 3 is 2.26 bits per heavy atom. The van der Waals surface area contributed by atoms with Crippen molar-refractivity contribution in [2.75, 3.05) is 27.3 Å². The lowest BCUT2D eigenvalue weighted by molar-refractivity contribution is -0.133. The van der Waals surface area contributed by atoms with E-state index in [0.29, 0.717) is 30.0 Å². The van der Waals surface area contributed by atoms with Crippen LogP contribution in [0.15, 0.2) is 49.1 Å². The average molecular weight is 600 g/mol. The van der Waals surface area contributed by atoms with Gasteiger partial charge in [0.05, 0.1) is 44.8 Å². The van der Waals surface area contributed by atoms with Crippen LogP contribution in [0.4, 0.5) is 18.0 Å². The first-order chi connectivity index (χ1) is 20.3. The van der Waals surface area contributed by atoms with E-state index in [1.54, 1.807) is 29.4 Å². The van der Waals surface area contributed by atoms with Crippen LogP contribution in [0.3, 0.4) is 0 Å². The summed E-state index contributed by atoms with van der Waals surface area (Å²) >= 11 is 0. The summed E-state index contributed by atoms with van der Waals surface area (Å²) in [5, 5.41) is 4.50. The smallest absolute Gasteiger partial charge is 0.410 e. The lowest BCUT2D eigenvalue weighted by Crippen LogP contribution is -2.52. The van der Waals surface area contributed by atoms with E-state index < -0.39 is 30.4 Å². The number of hydrogen-bond acceptors (Lipinski definition) is 7. The molecule has 1 aliphatic rings. The summed E-state index contributed by atoms with van der Waals surface area (Å²) < 4.78 is 58.1. The number of benzene rings is 1. The zero-order valence-electron chi connectivity index (χ0n) is 24.4. The van der Waals surface area contributed by atoms with Gasteiger partial charge in [-0.1, -0.05) is 0 Å². The summed E-state index contributed by atoms with van der Waals surface area (Å²) in [6.45, 7) is 6.52. The summed E-state index contributed by atoms with van der Waals surface area (Å²) in [6, 6.07) is 7.04. The molecule has 0 saturated carbocycles. The maximum absolute atomic E-state index is 12.7. The van der Waals surface area contributed by atoms with Gasteiger partial charge in [0.2, 0.25) is 0 Å². The van der Waals surface area contributed by atoms with Gasteiger partial charge in [0.15, 0.2) is 5.78 Å². The second-order valence-electron chi connectivity index (χ2n) is 11.3. The number of rotatable bonds is 8. The van der Waals surface area contributed by atoms with Gasteiger partial charge in [-0.15, -0.1) is 0 Å². The van der Waals surface area contributed by atoms with Crippen molar-refractivity contribution in [3.05, 3.63) is 54.6 Å². The molecule has 0 spiro atoms. The van der Waals surface area contributed by atoms with Gasteiger partial charge in [-0.2, -0.15) is 18.3 Å². The number of carbonyl (C=O) groups excluding carboxylic acids is 2. The minimum atomic E-state index is -4.45. The molecule has 1 aliphatic heterocycles. The third-order valence-corrected chi connectivity index (χ3v) is 7.05. The highest BCUT2D eigenvalue weighted by atomic mass is 19.4. The molecular weight excluding hydrogens is 567 g/mol. The molecule has 0 aliphatic carbocycles. The molecule has 0 unspecified atom stereocenters. The number of carbonyl (C=O) groups is 2. The van der Waals surface area contributed by atoms with E-state index in [9.17, 15) is 22.8 Å². The number of halogens is 3. The maximum atomic E-state index is 12.7. The van der Waals surface area contributed by atoms with Crippen molar-refractivity contribution in [1.29, 1.82) is 0 Å². The minimum Gasteiger partial charge on any atom is -0.496 e. The third-order valence-electron chi connectivity index (χ3n) is 7.05. The molecule has 10 nitrogen and oxygen atoms in total. The Bertz CT molecular complexity index is 1640. The Balaban J connectivity index is 1.35. The molecule has 1 saturated heterocycles. The van der Waals surface area contributed by atoms with Crippen LogP contribution in [-0.4, -0.2) is 75.0 Å². The van der Waals surface area contributed by atoms with E-state index in [1.807, 2.05) is 54.4 Å². The second kappa shape index (κ2) is 11.3. The monoisotopic (exact) mass is 599 g/mol. The number of aromatic nitrogens is 4. The number of pyridine rings is 1. The summed E-state index contributed by atoms with van der Waals surface area (Å²) in [4.78, 5) is 31.1. The van der Waals surface area contributed by atoms with Crippen LogP contribution in [0.1, 0.15) is 50.0 Å². The van der Waals surface area contributed by atoms with Crippen molar-refractivity contribution in [3.8, 4) is 33.9 Å². The lowest BCUT2D eigenvalue weighted by atomic mass is 10.0. The molecule has 0 atom stereocenters. The maximum Gasteiger partial charge on any atom is 0.410 e. The molecule has 1 fully saturated rings. The van der Waals surface area contributed by atoms with Crippen LogP contribution in [0.25, 0.3) is 28.0 Å². The van der Waals surface area contributed by atoms with Gasteiger partial charge < -0.3 is 19.1 Å². The van der Waals surface area contributed by atoms with Gasteiger partial charge in [0, 0.05) is 43.0 Å². The van der Waals surface area contributed by atoms with Crippen molar-refractivity contribution < 1.29 is 37.0 Å². The van der Waals surface area contributed by atoms with Crippen LogP contribution in [0.2, 0.25) is 0 Å². The standard InChI is InChI=1S/C30H32F3N5O5/c1-29(2,3)43-28(40)36-16-21(17-36)38-15-20(13-35-38)18-7-9-37-22(14-34-26(37)12-18)19-10-24(41-4)27(25(11-19)42-5)23(39)6-8-30(31,32)33/h7,9-15,21H,6,8,16-17H2,1-5H3. The topological polar surface area (TPSA) is 100 Å². The molecule has 1 amide bonds. The SMILES string of the molecule is COc1cc(-c2cnc3cc(-c4cnn(C5CN(C(=O)OC(C)(C)C)C5)c4)ccn23)cc(OC)c1C(=O)CCC(F)(F)F. The Morgan fingerprint density at radius 2 is 1.65 bits per heavy atom. The predicted molar refractivity (Wildman–Crippen MR) is 151 cm³/mol. The Hall–Kier alpha value is -4.55. The van der Waals surface area contributed by atoms with E-state index in [-0.39, 0.29) is 29.2 Å². The molecule has 3 aromatic heterocycles. The number of methoxy groups -OCH3 is 2. The number of hydrogen-bond donors (Lipinski definition) is 0. The number of ketones is 1. The molecule has 4 heterocycles. The van der Waals surface area contributed by atoms with Gasteiger partial charge in [0.25, 0.3) is 0 Å². The molecule has 13 heteroatoms. The highest BCUT2D eigenvalue weighted by molar-refractivity contribution is 6.02. The van der Waals surface area contributed by atoms with E-state index in [1.165, 1.54) is 14.2 Å². The van der Waals surface area contributed by atoms with Crippen LogP contribution in [-0.2, 0) is 4.74 Å². The van der Waals surface area contributed by atoms with E-state index >= 15 is 0 Å². The highest BCUT2D eigenvalue weighted by Gasteiger charge is 2.35. The van der Waals surface area contributed by atoms with Crippen molar-refractivity contribution >= 4 is 17.5 Å². The van der Waals surface area contributed by atoms with E-state index in [0.717, 1.165) is 11.1 Å². The first kappa shape index (κ1) is 29.9. The summed E-state index contributed by atoms with van der Waals surface area (Å²) in [6.07, 6.45) is 0.444. The molecular formula is C30H32F3N5O5. The van der Waals surface area contributed by atoms with Gasteiger partial charge in [0.1, 0.15) is 28.3 Å². The molecule has 5 rings (SSSR count). The fourth-order valence-corrected chi connectivity index (χ4v) is 4.87. The molecule has 0 radical (unpaired) electrons. The van der Waals surface area contributed by atoms with E-state index in [2.05, 4.69) is 10.1 Å². The van der Waals surface area contributed by atoms with E-state index in [4.69, 9.17) is 14.2 Å². The van der Waals surface area contributed by atoms with Crippen molar-refractivity contribution in [3.63, 3.8) is 0 Å². The highest BCUT2D eigenvalue weighted by Crippen LogP contribution is 2.37. The summed E-state index contributed by atoms with van der Waals surface area (Å²) in [7, 11) is 2.69. The van der Waals surface area contributed by atoms with Crippen LogP contribution in [0, 0.1) is 0 Å². The molecule has 0 bridgehead atoms. The number of amides is 1. The fraction of sp³-hybridized carbons (Fsp3) is 0.400. The van der Waals surface area contributed by atoms with Crippen LogP contribution < -0.4 is 9.47 Å². The van der Waals surface area contributed by atoms with Gasteiger partial charge in [-0.3, -0.25) is 13.9 Å². The quantitative estimate of drug-likeness (QED) is 0.222. The molecule has 1 aromatic carbocycles. The number of likely N-dealkylation sites (tertiary alicyclic amines) is 1. The van der Waals surface area contributed by atoms with Gasteiger partial charge in [-0.25, -0.2) is 9.78 Å². The normalized spacial score (nSPS) is 14.1. The summed E-state index contributed by atoms with van der Waals surface area (Å²) in [5.41, 5.74) is 3.10. The van der Waals surface area contributed by atoms with Crippen LogP contribution >= 0.6 is 0 Å². The van der Waals surface area contributed by atoms with Crippen molar-refractivity contribution in [2.24, 2.45) is 0 Å². The largest absolute Gasteiger partial charge is 0.496 e. The number of Topliss-reactive ketones (excluding diaryl/α,β-unsaturated/α-hetero) is 1. The van der Waals surface area contributed by atoms with Gasteiger partial charge in [-0.05, 0) is 50.6 Å². The first-order valence-corrected chi connectivity index (χ1v) is 13.6. The Labute approximate surface area is 246 Å². The van der Waals surface area contributed by atoms with Crippen LogP contribution in [0.5, 0.6) is 11.5 Å². The Morgan fingerprint density at radius 1 is 0.977 bits per heavy atom. The number of imidazole rings is 1. The fourth-order valence-electron chi connectivity index (χ4n) is 4.87. The number of alkyl halides is 3. The zero-order valence-corrected chi connectivity index (χ0v) is 24.4. The molecule has 43 heavy (non-hydrogen) atoms. The van der Waals surface area contributed by atoms with Crippen molar-refractivity contribution in [2.45, 2.75) is 51.4 Å². The number of nitrogens with zero attached hydrogens (tertiary/aromatic N) is 5. The number of fused-ring (bicyclic) bond motifs is 1. The van der Waals surface area contributed by atoms with Crippen molar-refractivity contribution in [1.82, 2.24) is 24.1 Å². The zero-order chi connectivity index (χ0) is 31.1. The minimum absolute atomic E-state index is 0.0354. The predicted octanol–water partition coefficient (Wildman–Crippen LogP) is 6.20. The molecule has 4 aromatic rings. The van der Waals surface area contributed by atoms with Gasteiger partial charge >= 0.3 is 12.3 Å². The first-order valence-electron chi connectivity index (χ1n) is 13.6.